The van der Waals surface area contributed by atoms with E-state index in [1.165, 1.54) is 10.8 Å². The van der Waals surface area contributed by atoms with Crippen molar-refractivity contribution in [1.82, 2.24) is 24.1 Å². The number of para-hydroxylation sites is 3. The van der Waals surface area contributed by atoms with Crippen LogP contribution in [0.5, 0.6) is 0 Å². The Morgan fingerprint density at radius 3 is 1.32 bits per heavy atom. The second-order valence-electron chi connectivity index (χ2n) is 10.9. The number of fused-ring (bicyclic) bond motifs is 7. The molecule has 0 aliphatic carbocycles. The van der Waals surface area contributed by atoms with E-state index in [-0.39, 0.29) is 0 Å². The van der Waals surface area contributed by atoms with Crippen LogP contribution >= 0.6 is 0 Å². The highest BCUT2D eigenvalue weighted by atomic mass is 15.2. The number of benzene rings is 6. The lowest BCUT2D eigenvalue weighted by Gasteiger charge is -2.13. The van der Waals surface area contributed by atoms with Crippen molar-refractivity contribution < 1.29 is 0 Å². The number of rotatable bonds is 4. The zero-order chi connectivity index (χ0) is 29.0. The number of nitrogens with zero attached hydrogens (tertiary/aromatic N) is 5. The Bertz CT molecular complexity index is 2420. The first-order valence-corrected chi connectivity index (χ1v) is 14.7. The molecule has 9 rings (SSSR count). The van der Waals surface area contributed by atoms with E-state index < -0.39 is 0 Å². The average molecular weight is 564 g/mol. The molecule has 0 atom stereocenters. The van der Waals surface area contributed by atoms with Crippen molar-refractivity contribution in [2.24, 2.45) is 0 Å². The fourth-order valence-electron chi connectivity index (χ4n) is 6.45. The Labute approximate surface area is 253 Å². The van der Waals surface area contributed by atoms with E-state index in [9.17, 15) is 0 Å². The maximum absolute atomic E-state index is 5.17. The van der Waals surface area contributed by atoms with Gasteiger partial charge in [0.15, 0.2) is 11.6 Å². The molecule has 0 radical (unpaired) electrons. The lowest BCUT2D eigenvalue weighted by Crippen LogP contribution is -2.07. The van der Waals surface area contributed by atoms with Crippen LogP contribution < -0.4 is 0 Å². The highest BCUT2D eigenvalue weighted by Gasteiger charge is 2.23. The summed E-state index contributed by atoms with van der Waals surface area (Å²) in [6, 6.07) is 52.5. The summed E-state index contributed by atoms with van der Waals surface area (Å²) in [5.41, 5.74) is 7.37. The van der Waals surface area contributed by atoms with Gasteiger partial charge in [-0.25, -0.2) is 4.98 Å². The van der Waals surface area contributed by atoms with E-state index in [1.807, 2.05) is 60.7 Å². The maximum Gasteiger partial charge on any atom is 0.238 e. The number of hydrogen-bond donors (Lipinski definition) is 0. The Hall–Kier alpha value is -6.07. The fourth-order valence-corrected chi connectivity index (χ4v) is 6.45. The fraction of sp³-hybridized carbons (Fsp3) is 0. The first kappa shape index (κ1) is 24.5. The van der Waals surface area contributed by atoms with Gasteiger partial charge in [-0.2, -0.15) is 9.97 Å². The van der Waals surface area contributed by atoms with Crippen LogP contribution in [0.1, 0.15) is 0 Å². The molecule has 3 heterocycles. The molecule has 0 unspecified atom stereocenters. The maximum atomic E-state index is 5.17. The predicted molar refractivity (Wildman–Crippen MR) is 179 cm³/mol. The van der Waals surface area contributed by atoms with Gasteiger partial charge in [-0.05, 0) is 24.3 Å². The van der Waals surface area contributed by atoms with Gasteiger partial charge < -0.3 is 4.57 Å². The standard InChI is InChI=1S/C39H25N5/c1-4-14-26(15-5-1)37-40-38(27-16-6-2-7-17-27)42-39(41-37)44-34-23-13-11-21-30(34)32-25-24-31-29-20-10-12-22-33(29)43(35(31)36(32)44)28-18-8-3-9-19-28/h1-25H. The van der Waals surface area contributed by atoms with Gasteiger partial charge in [0.05, 0.1) is 22.1 Å². The van der Waals surface area contributed by atoms with Crippen LogP contribution in [0.3, 0.4) is 0 Å². The minimum Gasteiger partial charge on any atom is -0.307 e. The van der Waals surface area contributed by atoms with Gasteiger partial charge in [0.1, 0.15) is 0 Å². The minimum atomic E-state index is 0.585. The van der Waals surface area contributed by atoms with E-state index in [0.717, 1.165) is 49.7 Å². The Balaban J connectivity index is 1.48. The highest BCUT2D eigenvalue weighted by Crippen LogP contribution is 2.41. The lowest BCUT2D eigenvalue weighted by atomic mass is 10.1. The Morgan fingerprint density at radius 1 is 0.341 bits per heavy atom. The van der Waals surface area contributed by atoms with Crippen molar-refractivity contribution >= 4 is 43.6 Å². The molecule has 3 aromatic heterocycles. The largest absolute Gasteiger partial charge is 0.307 e. The molecule has 0 fully saturated rings. The van der Waals surface area contributed by atoms with Gasteiger partial charge in [-0.15, -0.1) is 0 Å². The van der Waals surface area contributed by atoms with Crippen LogP contribution in [-0.2, 0) is 0 Å². The van der Waals surface area contributed by atoms with Crippen LogP contribution in [0.15, 0.2) is 152 Å². The summed E-state index contributed by atoms with van der Waals surface area (Å²) in [6.07, 6.45) is 0. The van der Waals surface area contributed by atoms with Crippen molar-refractivity contribution in [3.8, 4) is 34.4 Å². The first-order valence-electron chi connectivity index (χ1n) is 14.7. The second kappa shape index (κ2) is 9.75. The molecule has 206 valence electrons. The van der Waals surface area contributed by atoms with E-state index in [0.29, 0.717) is 17.6 Å². The summed E-state index contributed by atoms with van der Waals surface area (Å²) >= 11 is 0. The zero-order valence-corrected chi connectivity index (χ0v) is 23.7. The normalized spacial score (nSPS) is 11.6. The van der Waals surface area contributed by atoms with Gasteiger partial charge in [0.25, 0.3) is 0 Å². The summed E-state index contributed by atoms with van der Waals surface area (Å²) in [4.78, 5) is 15.3. The lowest BCUT2D eigenvalue weighted by molar-refractivity contribution is 0.953. The first-order chi connectivity index (χ1) is 21.8. The summed E-state index contributed by atoms with van der Waals surface area (Å²) < 4.78 is 4.60. The third-order valence-electron chi connectivity index (χ3n) is 8.37. The van der Waals surface area contributed by atoms with Crippen molar-refractivity contribution in [3.63, 3.8) is 0 Å². The predicted octanol–water partition coefficient (Wildman–Crippen LogP) is 9.40. The molecule has 0 amide bonds. The third kappa shape index (κ3) is 3.69. The summed E-state index contributed by atoms with van der Waals surface area (Å²) in [6.45, 7) is 0. The van der Waals surface area contributed by atoms with Crippen molar-refractivity contribution in [2.45, 2.75) is 0 Å². The van der Waals surface area contributed by atoms with Crippen LogP contribution in [-0.4, -0.2) is 24.1 Å². The molecule has 44 heavy (non-hydrogen) atoms. The number of aromatic nitrogens is 5. The summed E-state index contributed by atoms with van der Waals surface area (Å²) in [5, 5.41) is 4.69. The van der Waals surface area contributed by atoms with Gasteiger partial charge in [-0.3, -0.25) is 4.57 Å². The van der Waals surface area contributed by atoms with E-state index in [2.05, 4.69) is 100 Å². The molecule has 5 nitrogen and oxygen atoms in total. The van der Waals surface area contributed by atoms with Gasteiger partial charge in [0, 0.05) is 38.4 Å². The Kier molecular flexibility index (Phi) is 5.43. The van der Waals surface area contributed by atoms with Gasteiger partial charge >= 0.3 is 0 Å². The molecule has 5 heteroatoms. The molecule has 9 aromatic rings. The van der Waals surface area contributed by atoms with E-state index in [1.54, 1.807) is 0 Å². The average Bonchev–Trinajstić information content (AvgIpc) is 3.62. The molecule has 0 aliphatic heterocycles. The molecule has 0 spiro atoms. The van der Waals surface area contributed by atoms with E-state index >= 15 is 0 Å². The van der Waals surface area contributed by atoms with Crippen molar-refractivity contribution in [3.05, 3.63) is 152 Å². The Morgan fingerprint density at radius 2 is 0.773 bits per heavy atom. The molecular weight excluding hydrogens is 538 g/mol. The van der Waals surface area contributed by atoms with Gasteiger partial charge in [-0.1, -0.05) is 127 Å². The summed E-state index contributed by atoms with van der Waals surface area (Å²) in [7, 11) is 0. The quantitative estimate of drug-likeness (QED) is 0.214. The topological polar surface area (TPSA) is 48.5 Å². The zero-order valence-electron chi connectivity index (χ0n) is 23.7. The van der Waals surface area contributed by atoms with Crippen LogP contribution in [0, 0.1) is 0 Å². The molecule has 0 N–H and O–H groups in total. The molecule has 0 aliphatic rings. The van der Waals surface area contributed by atoms with E-state index in [4.69, 9.17) is 15.0 Å². The second-order valence-corrected chi connectivity index (χ2v) is 10.9. The highest BCUT2D eigenvalue weighted by molar-refractivity contribution is 6.23. The van der Waals surface area contributed by atoms with Crippen molar-refractivity contribution in [1.29, 1.82) is 0 Å². The van der Waals surface area contributed by atoms with Gasteiger partial charge in [0.2, 0.25) is 5.95 Å². The molecule has 0 saturated carbocycles. The smallest absolute Gasteiger partial charge is 0.238 e. The molecular formula is C39H25N5. The molecule has 0 bridgehead atoms. The number of hydrogen-bond acceptors (Lipinski definition) is 3. The van der Waals surface area contributed by atoms with Crippen molar-refractivity contribution in [2.75, 3.05) is 0 Å². The summed E-state index contributed by atoms with van der Waals surface area (Å²) in [5.74, 6) is 1.86. The monoisotopic (exact) mass is 563 g/mol. The van der Waals surface area contributed by atoms with Crippen LogP contribution in [0.25, 0.3) is 78.0 Å². The SMILES string of the molecule is c1ccc(-c2nc(-c3ccccc3)nc(-n3c4ccccc4c4ccc5c6ccccc6n(-c6ccccc6)c5c43)n2)cc1. The van der Waals surface area contributed by atoms with Crippen LogP contribution in [0.4, 0.5) is 0 Å². The minimum absolute atomic E-state index is 0.585. The molecule has 6 aromatic carbocycles. The van der Waals surface area contributed by atoms with Crippen LogP contribution in [0.2, 0.25) is 0 Å². The molecule has 0 saturated heterocycles. The third-order valence-corrected chi connectivity index (χ3v) is 8.37.